The molecule has 0 aromatic heterocycles. The molecule has 0 unspecified atom stereocenters. The van der Waals surface area contributed by atoms with Crippen LogP contribution in [0.1, 0.15) is 0 Å². The summed E-state index contributed by atoms with van der Waals surface area (Å²) in [5, 5.41) is 8.45. The number of anilines is 1. The summed E-state index contributed by atoms with van der Waals surface area (Å²) in [5.41, 5.74) is -0.753. The standard InChI is InChI=1S/C8H8BrF2NO3S/c9-5-3-6(10)8(7(11)4-5)12-16(14,15)2-1-13/h3-4,12-13H,1-2H2. The van der Waals surface area contributed by atoms with Gasteiger partial charge < -0.3 is 5.11 Å². The summed E-state index contributed by atoms with van der Waals surface area (Å²) in [4.78, 5) is 0. The van der Waals surface area contributed by atoms with Crippen molar-refractivity contribution in [3.63, 3.8) is 0 Å². The lowest BCUT2D eigenvalue weighted by Crippen LogP contribution is -2.20. The number of sulfonamides is 1. The summed E-state index contributed by atoms with van der Waals surface area (Å²) >= 11 is 2.86. The highest BCUT2D eigenvalue weighted by Gasteiger charge is 2.17. The van der Waals surface area contributed by atoms with Crippen LogP contribution in [0, 0.1) is 11.6 Å². The minimum atomic E-state index is -3.94. The van der Waals surface area contributed by atoms with Gasteiger partial charge in [-0.25, -0.2) is 17.2 Å². The number of halogens is 3. The molecule has 0 aliphatic rings. The summed E-state index contributed by atoms with van der Waals surface area (Å²) in [5.74, 6) is -2.69. The van der Waals surface area contributed by atoms with Gasteiger partial charge in [-0.15, -0.1) is 0 Å². The summed E-state index contributed by atoms with van der Waals surface area (Å²) in [6, 6.07) is 1.86. The zero-order valence-corrected chi connectivity index (χ0v) is 10.3. The molecule has 0 saturated carbocycles. The number of rotatable bonds is 4. The molecule has 0 radical (unpaired) electrons. The third-order valence-corrected chi connectivity index (χ3v) is 3.32. The molecular formula is C8H8BrF2NO3S. The highest BCUT2D eigenvalue weighted by atomic mass is 79.9. The summed E-state index contributed by atoms with van der Waals surface area (Å²) < 4.78 is 50.7. The average Bonchev–Trinajstić information content (AvgIpc) is 2.11. The maximum Gasteiger partial charge on any atom is 0.235 e. The number of aliphatic hydroxyl groups excluding tert-OH is 1. The highest BCUT2D eigenvalue weighted by Crippen LogP contribution is 2.24. The van der Waals surface area contributed by atoms with Crippen molar-refractivity contribution >= 4 is 31.6 Å². The fourth-order valence-corrected chi connectivity index (χ4v) is 2.22. The highest BCUT2D eigenvalue weighted by molar-refractivity contribution is 9.10. The van der Waals surface area contributed by atoms with E-state index in [1.165, 1.54) is 0 Å². The van der Waals surface area contributed by atoms with Crippen LogP contribution in [-0.2, 0) is 10.0 Å². The van der Waals surface area contributed by atoms with Gasteiger partial charge >= 0.3 is 0 Å². The smallest absolute Gasteiger partial charge is 0.235 e. The maximum absolute atomic E-state index is 13.2. The molecule has 0 heterocycles. The van der Waals surface area contributed by atoms with Crippen LogP contribution in [0.5, 0.6) is 0 Å². The number of nitrogens with one attached hydrogen (secondary N) is 1. The van der Waals surface area contributed by atoms with Crippen LogP contribution in [0.2, 0.25) is 0 Å². The molecule has 0 spiro atoms. The molecule has 0 saturated heterocycles. The molecule has 0 bridgehead atoms. The van der Waals surface area contributed by atoms with Gasteiger partial charge in [0.2, 0.25) is 10.0 Å². The molecule has 8 heteroatoms. The van der Waals surface area contributed by atoms with E-state index in [-0.39, 0.29) is 4.47 Å². The van der Waals surface area contributed by atoms with Crippen molar-refractivity contribution < 1.29 is 22.3 Å². The molecule has 16 heavy (non-hydrogen) atoms. The van der Waals surface area contributed by atoms with Crippen molar-refractivity contribution in [3.8, 4) is 0 Å². The van der Waals surface area contributed by atoms with E-state index in [1.807, 2.05) is 0 Å². The predicted octanol–water partition coefficient (Wildman–Crippen LogP) is 1.46. The van der Waals surface area contributed by atoms with Gasteiger partial charge in [0, 0.05) is 4.47 Å². The largest absolute Gasteiger partial charge is 0.395 e. The molecule has 1 aromatic carbocycles. The van der Waals surface area contributed by atoms with E-state index in [0.717, 1.165) is 12.1 Å². The molecule has 0 aliphatic heterocycles. The lowest BCUT2D eigenvalue weighted by Gasteiger charge is -2.09. The SMILES string of the molecule is O=S(=O)(CCO)Nc1c(F)cc(Br)cc1F. The van der Waals surface area contributed by atoms with Crippen LogP contribution in [0.3, 0.4) is 0 Å². The second-order valence-electron chi connectivity index (χ2n) is 2.89. The Morgan fingerprint density at radius 2 is 1.81 bits per heavy atom. The van der Waals surface area contributed by atoms with Crippen LogP contribution in [0.4, 0.5) is 14.5 Å². The van der Waals surface area contributed by atoms with Gasteiger partial charge in [0.15, 0.2) is 11.6 Å². The Balaban J connectivity index is 3.07. The molecular weight excluding hydrogens is 308 g/mol. The van der Waals surface area contributed by atoms with Crippen molar-refractivity contribution in [2.45, 2.75) is 0 Å². The quantitative estimate of drug-likeness (QED) is 0.884. The van der Waals surface area contributed by atoms with Crippen molar-refractivity contribution in [3.05, 3.63) is 28.2 Å². The van der Waals surface area contributed by atoms with Crippen LogP contribution in [0.15, 0.2) is 16.6 Å². The lowest BCUT2D eigenvalue weighted by atomic mass is 10.3. The van der Waals surface area contributed by atoms with E-state index < -0.39 is 39.7 Å². The molecule has 0 amide bonds. The van der Waals surface area contributed by atoms with Crippen molar-refractivity contribution in [1.29, 1.82) is 0 Å². The second-order valence-corrected chi connectivity index (χ2v) is 5.65. The Labute approximate surface area is 99.5 Å². The van der Waals surface area contributed by atoms with Gasteiger partial charge in [-0.1, -0.05) is 15.9 Å². The number of benzene rings is 1. The van der Waals surface area contributed by atoms with Gasteiger partial charge in [0.1, 0.15) is 5.69 Å². The van der Waals surface area contributed by atoms with Crippen molar-refractivity contribution in [2.24, 2.45) is 0 Å². The van der Waals surface area contributed by atoms with Gasteiger partial charge in [0.25, 0.3) is 0 Å². The zero-order chi connectivity index (χ0) is 12.3. The van der Waals surface area contributed by atoms with Crippen LogP contribution in [0.25, 0.3) is 0 Å². The molecule has 0 aliphatic carbocycles. The Hall–Kier alpha value is -0.730. The first kappa shape index (κ1) is 13.3. The molecule has 90 valence electrons. The number of hydrogen-bond acceptors (Lipinski definition) is 3. The Morgan fingerprint density at radius 1 is 1.31 bits per heavy atom. The van der Waals surface area contributed by atoms with E-state index in [4.69, 9.17) is 5.11 Å². The average molecular weight is 316 g/mol. The second kappa shape index (κ2) is 5.07. The number of hydrogen-bond donors (Lipinski definition) is 2. The lowest BCUT2D eigenvalue weighted by molar-refractivity contribution is 0.320. The Kier molecular flexibility index (Phi) is 4.22. The van der Waals surface area contributed by atoms with Gasteiger partial charge in [0.05, 0.1) is 12.4 Å². The van der Waals surface area contributed by atoms with Gasteiger partial charge in [-0.3, -0.25) is 4.72 Å². The summed E-state index contributed by atoms with van der Waals surface area (Å²) in [7, 11) is -3.94. The Morgan fingerprint density at radius 3 is 2.25 bits per heavy atom. The third-order valence-electron chi connectivity index (χ3n) is 1.62. The minimum Gasteiger partial charge on any atom is -0.395 e. The molecule has 0 fully saturated rings. The topological polar surface area (TPSA) is 66.4 Å². The van der Waals surface area contributed by atoms with Gasteiger partial charge in [-0.05, 0) is 12.1 Å². The molecule has 4 nitrogen and oxygen atoms in total. The van der Waals surface area contributed by atoms with E-state index >= 15 is 0 Å². The first-order valence-corrected chi connectivity index (χ1v) is 6.56. The molecule has 1 rings (SSSR count). The fourth-order valence-electron chi connectivity index (χ4n) is 0.966. The van der Waals surface area contributed by atoms with Crippen LogP contribution in [-0.4, -0.2) is 25.9 Å². The summed E-state index contributed by atoms with van der Waals surface area (Å²) in [6.07, 6.45) is 0. The molecule has 0 atom stereocenters. The van der Waals surface area contributed by atoms with Crippen LogP contribution >= 0.6 is 15.9 Å². The van der Waals surface area contributed by atoms with Crippen molar-refractivity contribution in [2.75, 3.05) is 17.1 Å². The summed E-state index contributed by atoms with van der Waals surface area (Å²) in [6.45, 7) is -0.630. The first-order chi connectivity index (χ1) is 7.35. The molecule has 2 N–H and O–H groups in total. The Bertz CT molecular complexity index is 469. The van der Waals surface area contributed by atoms with E-state index in [2.05, 4.69) is 15.9 Å². The van der Waals surface area contributed by atoms with E-state index in [1.54, 1.807) is 4.72 Å². The third kappa shape index (κ3) is 3.39. The van der Waals surface area contributed by atoms with E-state index in [0.29, 0.717) is 0 Å². The number of aliphatic hydroxyl groups is 1. The normalized spacial score (nSPS) is 11.5. The monoisotopic (exact) mass is 315 g/mol. The predicted molar refractivity (Wildman–Crippen MR) is 58.6 cm³/mol. The fraction of sp³-hybridized carbons (Fsp3) is 0.250. The van der Waals surface area contributed by atoms with Crippen LogP contribution < -0.4 is 4.72 Å². The van der Waals surface area contributed by atoms with Crippen molar-refractivity contribution in [1.82, 2.24) is 0 Å². The first-order valence-electron chi connectivity index (χ1n) is 4.11. The van der Waals surface area contributed by atoms with Gasteiger partial charge in [-0.2, -0.15) is 0 Å². The zero-order valence-electron chi connectivity index (χ0n) is 7.87. The molecule has 1 aromatic rings. The maximum atomic E-state index is 13.2. The minimum absolute atomic E-state index is 0.160. The van der Waals surface area contributed by atoms with E-state index in [9.17, 15) is 17.2 Å².